The lowest BCUT2D eigenvalue weighted by Crippen LogP contribution is -1.97. The molecule has 1 heterocycles. The fraction of sp³-hybridized carbons (Fsp3) is 0.667. The molecule has 11 heavy (non-hydrogen) atoms. The quantitative estimate of drug-likeness (QED) is 0.678. The molecule has 0 saturated heterocycles. The summed E-state index contributed by atoms with van der Waals surface area (Å²) in [5.41, 5.74) is 2.75. The molecule has 0 amide bonds. The molecule has 0 aliphatic heterocycles. The van der Waals surface area contributed by atoms with E-state index in [1.54, 1.807) is 11.5 Å². The van der Waals surface area contributed by atoms with Crippen LogP contribution in [0.3, 0.4) is 0 Å². The lowest BCUT2D eigenvalue weighted by molar-refractivity contribution is 0.635. The number of nitrogens with zero attached hydrogens (tertiary/aromatic N) is 1. The Bertz CT molecular complexity index is 215. The first kappa shape index (κ1) is 8.72. The van der Waals surface area contributed by atoms with Gasteiger partial charge in [0.05, 0.1) is 5.69 Å². The van der Waals surface area contributed by atoms with Crippen molar-refractivity contribution in [1.29, 1.82) is 0 Å². The second-order valence-electron chi connectivity index (χ2n) is 3.24. The molecule has 0 aliphatic carbocycles. The number of hydrogen-bond donors (Lipinski definition) is 0. The molecule has 0 radical (unpaired) electrons. The second-order valence-corrected chi connectivity index (χ2v) is 3.87. The van der Waals surface area contributed by atoms with E-state index in [1.807, 2.05) is 0 Å². The highest BCUT2D eigenvalue weighted by Gasteiger charge is 2.05. The first-order valence-corrected chi connectivity index (χ1v) is 4.99. The van der Waals surface area contributed by atoms with E-state index in [-0.39, 0.29) is 0 Å². The molecule has 0 N–H and O–H groups in total. The summed E-state index contributed by atoms with van der Waals surface area (Å²) in [5, 5.41) is 2.16. The Morgan fingerprint density at radius 3 is 2.82 bits per heavy atom. The van der Waals surface area contributed by atoms with Crippen LogP contribution in [0.5, 0.6) is 0 Å². The average molecular weight is 169 g/mol. The highest BCUT2D eigenvalue weighted by atomic mass is 32.1. The molecule has 1 nitrogen and oxygen atoms in total. The molecular weight excluding hydrogens is 154 g/mol. The van der Waals surface area contributed by atoms with Crippen LogP contribution in [-0.4, -0.2) is 4.37 Å². The zero-order valence-corrected chi connectivity index (χ0v) is 8.24. The SMILES string of the molecule is CCc1csnc1CC(C)C. The Morgan fingerprint density at radius 2 is 2.27 bits per heavy atom. The van der Waals surface area contributed by atoms with E-state index in [2.05, 4.69) is 30.5 Å². The highest BCUT2D eigenvalue weighted by Crippen LogP contribution is 2.14. The standard InChI is InChI=1S/C9H15NS/c1-4-8-6-11-10-9(8)5-7(2)3/h6-7H,4-5H2,1-3H3. The molecule has 0 spiro atoms. The minimum atomic E-state index is 0.724. The molecule has 2 heteroatoms. The van der Waals surface area contributed by atoms with Crippen LogP contribution in [0.2, 0.25) is 0 Å². The van der Waals surface area contributed by atoms with Crippen molar-refractivity contribution in [2.24, 2.45) is 5.92 Å². The summed E-state index contributed by atoms with van der Waals surface area (Å²) in [5.74, 6) is 0.724. The van der Waals surface area contributed by atoms with Gasteiger partial charge in [-0.3, -0.25) is 0 Å². The zero-order chi connectivity index (χ0) is 8.27. The molecule has 0 aliphatic rings. The first-order valence-electron chi connectivity index (χ1n) is 4.16. The van der Waals surface area contributed by atoms with Crippen molar-refractivity contribution in [2.75, 3.05) is 0 Å². The number of aryl methyl sites for hydroxylation is 1. The van der Waals surface area contributed by atoms with Gasteiger partial charge in [-0.25, -0.2) is 0 Å². The van der Waals surface area contributed by atoms with Crippen molar-refractivity contribution >= 4 is 11.5 Å². The van der Waals surface area contributed by atoms with E-state index in [1.165, 1.54) is 11.3 Å². The molecule has 1 aromatic rings. The van der Waals surface area contributed by atoms with Gasteiger partial charge in [-0.1, -0.05) is 20.8 Å². The third kappa shape index (κ3) is 2.29. The van der Waals surface area contributed by atoms with Crippen LogP contribution in [0.25, 0.3) is 0 Å². The molecule has 0 saturated carbocycles. The molecule has 0 unspecified atom stereocenters. The summed E-state index contributed by atoms with van der Waals surface area (Å²) in [6.07, 6.45) is 2.26. The summed E-state index contributed by atoms with van der Waals surface area (Å²) in [7, 11) is 0. The molecule has 62 valence electrons. The first-order chi connectivity index (χ1) is 5.24. The minimum absolute atomic E-state index is 0.724. The van der Waals surface area contributed by atoms with Gasteiger partial charge in [0.15, 0.2) is 0 Å². The summed E-state index contributed by atoms with van der Waals surface area (Å²) in [4.78, 5) is 0. The van der Waals surface area contributed by atoms with Crippen LogP contribution in [0.4, 0.5) is 0 Å². The van der Waals surface area contributed by atoms with Gasteiger partial charge in [0.25, 0.3) is 0 Å². The predicted octanol–water partition coefficient (Wildman–Crippen LogP) is 2.90. The summed E-state index contributed by atoms with van der Waals surface area (Å²) < 4.78 is 4.37. The molecule has 0 atom stereocenters. The second kappa shape index (κ2) is 3.86. The lowest BCUT2D eigenvalue weighted by Gasteiger charge is -2.02. The van der Waals surface area contributed by atoms with E-state index in [0.29, 0.717) is 0 Å². The topological polar surface area (TPSA) is 12.9 Å². The van der Waals surface area contributed by atoms with Crippen LogP contribution < -0.4 is 0 Å². The number of hydrogen-bond acceptors (Lipinski definition) is 2. The number of aromatic nitrogens is 1. The Kier molecular flexibility index (Phi) is 3.06. The number of rotatable bonds is 3. The predicted molar refractivity (Wildman–Crippen MR) is 50.0 cm³/mol. The van der Waals surface area contributed by atoms with Crippen molar-refractivity contribution in [2.45, 2.75) is 33.6 Å². The molecule has 1 rings (SSSR count). The van der Waals surface area contributed by atoms with Crippen LogP contribution in [-0.2, 0) is 12.8 Å². The molecule has 0 aromatic carbocycles. The van der Waals surface area contributed by atoms with Crippen LogP contribution in [0.15, 0.2) is 5.38 Å². The Morgan fingerprint density at radius 1 is 1.55 bits per heavy atom. The molecule has 1 aromatic heterocycles. The van der Waals surface area contributed by atoms with Crippen molar-refractivity contribution in [3.8, 4) is 0 Å². The molecule has 0 fully saturated rings. The fourth-order valence-electron chi connectivity index (χ4n) is 1.12. The lowest BCUT2D eigenvalue weighted by atomic mass is 10.0. The van der Waals surface area contributed by atoms with E-state index in [9.17, 15) is 0 Å². The van der Waals surface area contributed by atoms with E-state index in [4.69, 9.17) is 0 Å². The summed E-state index contributed by atoms with van der Waals surface area (Å²) in [6, 6.07) is 0. The van der Waals surface area contributed by atoms with Gasteiger partial charge in [0.2, 0.25) is 0 Å². The van der Waals surface area contributed by atoms with Crippen LogP contribution >= 0.6 is 11.5 Å². The van der Waals surface area contributed by atoms with Gasteiger partial charge in [-0.05, 0) is 35.9 Å². The van der Waals surface area contributed by atoms with Crippen molar-refractivity contribution in [1.82, 2.24) is 4.37 Å². The van der Waals surface area contributed by atoms with E-state index < -0.39 is 0 Å². The van der Waals surface area contributed by atoms with Gasteiger partial charge in [-0.2, -0.15) is 4.37 Å². The Labute approximate surface area is 72.6 Å². The van der Waals surface area contributed by atoms with Gasteiger partial charge in [0, 0.05) is 5.38 Å². The molecular formula is C9H15NS. The maximum Gasteiger partial charge on any atom is 0.0576 e. The maximum atomic E-state index is 4.37. The van der Waals surface area contributed by atoms with Crippen molar-refractivity contribution < 1.29 is 0 Å². The highest BCUT2D eigenvalue weighted by molar-refractivity contribution is 7.03. The smallest absolute Gasteiger partial charge is 0.0576 e. The average Bonchev–Trinajstić information content (AvgIpc) is 2.34. The van der Waals surface area contributed by atoms with Crippen molar-refractivity contribution in [3.63, 3.8) is 0 Å². The van der Waals surface area contributed by atoms with Crippen LogP contribution in [0, 0.1) is 5.92 Å². The normalized spacial score (nSPS) is 10.9. The summed E-state index contributed by atoms with van der Waals surface area (Å²) in [6.45, 7) is 6.66. The Hall–Kier alpha value is -0.370. The fourth-order valence-corrected chi connectivity index (χ4v) is 1.92. The largest absolute Gasteiger partial charge is 0.197 e. The van der Waals surface area contributed by atoms with Gasteiger partial charge in [-0.15, -0.1) is 0 Å². The monoisotopic (exact) mass is 169 g/mol. The zero-order valence-electron chi connectivity index (χ0n) is 7.42. The van der Waals surface area contributed by atoms with Gasteiger partial charge in [0.1, 0.15) is 0 Å². The maximum absolute atomic E-state index is 4.37. The third-order valence-corrected chi connectivity index (χ3v) is 2.43. The Balaban J connectivity index is 2.68. The van der Waals surface area contributed by atoms with E-state index in [0.717, 1.165) is 18.8 Å². The van der Waals surface area contributed by atoms with Crippen molar-refractivity contribution in [3.05, 3.63) is 16.6 Å². The summed E-state index contributed by atoms with van der Waals surface area (Å²) >= 11 is 1.58. The van der Waals surface area contributed by atoms with Gasteiger partial charge >= 0.3 is 0 Å². The van der Waals surface area contributed by atoms with Crippen LogP contribution in [0.1, 0.15) is 32.0 Å². The third-order valence-electron chi connectivity index (χ3n) is 1.71. The van der Waals surface area contributed by atoms with Gasteiger partial charge < -0.3 is 0 Å². The minimum Gasteiger partial charge on any atom is -0.197 e. The molecule has 0 bridgehead atoms. The van der Waals surface area contributed by atoms with E-state index >= 15 is 0 Å².